The Labute approximate surface area is 204 Å². The third kappa shape index (κ3) is 4.12. The van der Waals surface area contributed by atoms with Crippen LogP contribution >= 0.6 is 23.2 Å². The number of halogens is 2. The van der Waals surface area contributed by atoms with Crippen molar-refractivity contribution in [1.29, 1.82) is 0 Å². The molecule has 5 rings (SSSR count). The molecule has 33 heavy (non-hydrogen) atoms. The van der Waals surface area contributed by atoms with Crippen LogP contribution in [0.3, 0.4) is 0 Å². The Morgan fingerprint density at radius 3 is 1.82 bits per heavy atom. The van der Waals surface area contributed by atoms with Crippen LogP contribution in [0.4, 0.5) is 4.79 Å². The quantitative estimate of drug-likeness (QED) is 0.441. The first-order valence-electron chi connectivity index (χ1n) is 11.3. The molecule has 2 aliphatic rings. The number of rotatable bonds is 5. The highest BCUT2D eigenvalue weighted by molar-refractivity contribution is 6.32. The predicted octanol–water partition coefficient (Wildman–Crippen LogP) is 6.70. The highest BCUT2D eigenvalue weighted by Gasteiger charge is 2.53. The van der Waals surface area contributed by atoms with Gasteiger partial charge in [0, 0.05) is 35.0 Å². The summed E-state index contributed by atoms with van der Waals surface area (Å²) >= 11 is 13.4. The van der Waals surface area contributed by atoms with Gasteiger partial charge in [0.1, 0.15) is 5.60 Å². The fourth-order valence-corrected chi connectivity index (χ4v) is 6.34. The van der Waals surface area contributed by atoms with Crippen LogP contribution in [0, 0.1) is 0 Å². The van der Waals surface area contributed by atoms with Crippen LogP contribution in [0.15, 0.2) is 78.9 Å². The Morgan fingerprint density at radius 1 is 0.848 bits per heavy atom. The monoisotopic (exact) mass is 480 g/mol. The van der Waals surface area contributed by atoms with Gasteiger partial charge in [-0.1, -0.05) is 89.9 Å². The number of ether oxygens (including phenoxy) is 1. The molecule has 0 saturated carbocycles. The number of piperidine rings is 1. The molecule has 2 fully saturated rings. The number of amides is 1. The first kappa shape index (κ1) is 22.3. The summed E-state index contributed by atoms with van der Waals surface area (Å²) in [5, 5.41) is 1.44. The normalized spacial score (nSPS) is 24.7. The van der Waals surface area contributed by atoms with Crippen molar-refractivity contribution in [2.75, 3.05) is 0 Å². The van der Waals surface area contributed by atoms with Crippen molar-refractivity contribution in [3.8, 4) is 0 Å². The van der Waals surface area contributed by atoms with E-state index >= 15 is 0 Å². The van der Waals surface area contributed by atoms with Crippen LogP contribution in [0.2, 0.25) is 10.0 Å². The lowest BCUT2D eigenvalue weighted by Gasteiger charge is -2.49. The summed E-state index contributed by atoms with van der Waals surface area (Å²) in [4.78, 5) is 14.5. The van der Waals surface area contributed by atoms with E-state index in [1.807, 2.05) is 66.7 Å². The first-order chi connectivity index (χ1) is 16.0. The zero-order valence-corrected chi connectivity index (χ0v) is 19.7. The molecule has 0 aliphatic carbocycles. The van der Waals surface area contributed by atoms with E-state index in [1.54, 1.807) is 0 Å². The van der Waals surface area contributed by atoms with Gasteiger partial charge in [-0.2, -0.15) is 0 Å². The molecule has 2 aliphatic heterocycles. The SMILES string of the molecule is NC(=O)OC1(c2ccccc2)CC2CCC(C1)N2C(c1ccccc1Cl)c1ccccc1Cl. The number of carbonyl (C=O) groups excluding carboxylic acids is 1. The standard InChI is InChI=1S/C27H26Cl2N2O2/c28-23-12-6-4-10-21(23)25(22-11-5-7-13-24(22)29)31-19-14-15-20(31)17-27(16-19,33-26(30)32)18-8-2-1-3-9-18/h1-13,19-20,25H,14-17H2,(H2,30,32). The highest BCUT2D eigenvalue weighted by atomic mass is 35.5. The molecule has 0 aromatic heterocycles. The molecule has 0 spiro atoms. The number of carbonyl (C=O) groups is 1. The van der Waals surface area contributed by atoms with Crippen LogP contribution in [0.5, 0.6) is 0 Å². The average molecular weight is 481 g/mol. The Morgan fingerprint density at radius 2 is 1.33 bits per heavy atom. The summed E-state index contributed by atoms with van der Waals surface area (Å²) in [5.41, 5.74) is 7.89. The van der Waals surface area contributed by atoms with E-state index in [-0.39, 0.29) is 18.1 Å². The molecule has 3 aromatic carbocycles. The lowest BCUT2D eigenvalue weighted by molar-refractivity contribution is -0.0709. The number of fused-ring (bicyclic) bond motifs is 2. The molecular weight excluding hydrogens is 455 g/mol. The summed E-state index contributed by atoms with van der Waals surface area (Å²) in [7, 11) is 0. The van der Waals surface area contributed by atoms with Gasteiger partial charge in [0.25, 0.3) is 0 Å². The zero-order valence-electron chi connectivity index (χ0n) is 18.2. The largest absolute Gasteiger partial charge is 0.438 e. The van der Waals surface area contributed by atoms with E-state index in [2.05, 4.69) is 17.0 Å². The smallest absolute Gasteiger partial charge is 0.405 e. The molecular formula is C27H26Cl2N2O2. The third-order valence-electron chi connectivity index (χ3n) is 7.10. The minimum atomic E-state index is -0.736. The van der Waals surface area contributed by atoms with Crippen molar-refractivity contribution < 1.29 is 9.53 Å². The van der Waals surface area contributed by atoms with Gasteiger partial charge in [0.2, 0.25) is 0 Å². The molecule has 6 heteroatoms. The molecule has 2 atom stereocenters. The maximum atomic E-state index is 12.0. The second-order valence-electron chi connectivity index (χ2n) is 8.97. The summed E-state index contributed by atoms with van der Waals surface area (Å²) in [6, 6.07) is 26.2. The van der Waals surface area contributed by atoms with Gasteiger partial charge in [-0.3, -0.25) is 4.90 Å². The van der Waals surface area contributed by atoms with Gasteiger partial charge in [-0.25, -0.2) is 4.79 Å². The van der Waals surface area contributed by atoms with Crippen LogP contribution in [0.25, 0.3) is 0 Å². The number of hydrogen-bond donors (Lipinski definition) is 1. The van der Waals surface area contributed by atoms with E-state index < -0.39 is 11.7 Å². The number of benzene rings is 3. The number of nitrogens with two attached hydrogens (primary N) is 1. The fraction of sp³-hybridized carbons (Fsp3) is 0.296. The van der Waals surface area contributed by atoms with Gasteiger partial charge in [-0.15, -0.1) is 0 Å². The second kappa shape index (κ2) is 9.02. The maximum absolute atomic E-state index is 12.0. The maximum Gasteiger partial charge on any atom is 0.405 e. The van der Waals surface area contributed by atoms with Crippen molar-refractivity contribution in [2.24, 2.45) is 5.73 Å². The van der Waals surface area contributed by atoms with E-state index in [9.17, 15) is 4.79 Å². The first-order valence-corrected chi connectivity index (χ1v) is 12.0. The van der Waals surface area contributed by atoms with Crippen molar-refractivity contribution in [3.05, 3.63) is 106 Å². The lowest BCUT2D eigenvalue weighted by Crippen LogP contribution is -2.53. The lowest BCUT2D eigenvalue weighted by atomic mass is 9.78. The summed E-state index contributed by atoms with van der Waals surface area (Å²) in [5.74, 6) is 0. The molecule has 1 amide bonds. The van der Waals surface area contributed by atoms with Crippen LogP contribution in [0.1, 0.15) is 48.4 Å². The molecule has 2 saturated heterocycles. The van der Waals surface area contributed by atoms with E-state index in [0.29, 0.717) is 12.8 Å². The molecule has 3 aromatic rings. The van der Waals surface area contributed by atoms with E-state index in [4.69, 9.17) is 33.7 Å². The molecule has 2 N–H and O–H groups in total. The molecule has 2 bridgehead atoms. The molecule has 0 radical (unpaired) electrons. The van der Waals surface area contributed by atoms with Crippen LogP contribution in [-0.2, 0) is 10.3 Å². The Bertz CT molecular complexity index is 1090. The number of primary amides is 1. The predicted molar refractivity (Wildman–Crippen MR) is 131 cm³/mol. The van der Waals surface area contributed by atoms with Crippen molar-refractivity contribution in [2.45, 2.75) is 49.4 Å². The van der Waals surface area contributed by atoms with Gasteiger partial charge in [0.15, 0.2) is 0 Å². The van der Waals surface area contributed by atoms with Gasteiger partial charge < -0.3 is 10.5 Å². The van der Waals surface area contributed by atoms with Gasteiger partial charge in [-0.05, 0) is 41.7 Å². The van der Waals surface area contributed by atoms with Crippen LogP contribution < -0.4 is 5.73 Å². The average Bonchev–Trinajstić information content (AvgIpc) is 3.07. The summed E-state index contributed by atoms with van der Waals surface area (Å²) in [6.07, 6.45) is 2.61. The molecule has 170 valence electrons. The van der Waals surface area contributed by atoms with Gasteiger partial charge in [0.05, 0.1) is 6.04 Å². The molecule has 2 heterocycles. The summed E-state index contributed by atoms with van der Waals surface area (Å²) in [6.45, 7) is 0. The third-order valence-corrected chi connectivity index (χ3v) is 7.79. The Hall–Kier alpha value is -2.53. The molecule has 2 unspecified atom stereocenters. The van der Waals surface area contributed by atoms with E-state index in [0.717, 1.165) is 39.6 Å². The topological polar surface area (TPSA) is 55.6 Å². The minimum absolute atomic E-state index is 0.0905. The van der Waals surface area contributed by atoms with Gasteiger partial charge >= 0.3 is 6.09 Å². The summed E-state index contributed by atoms with van der Waals surface area (Å²) < 4.78 is 5.89. The Kier molecular flexibility index (Phi) is 6.09. The molecule has 4 nitrogen and oxygen atoms in total. The number of nitrogens with zero attached hydrogens (tertiary/aromatic N) is 1. The van der Waals surface area contributed by atoms with Crippen LogP contribution in [-0.4, -0.2) is 23.1 Å². The fourth-order valence-electron chi connectivity index (χ4n) is 5.86. The second-order valence-corrected chi connectivity index (χ2v) is 9.78. The van der Waals surface area contributed by atoms with Crippen molar-refractivity contribution >= 4 is 29.3 Å². The van der Waals surface area contributed by atoms with Crippen molar-refractivity contribution in [3.63, 3.8) is 0 Å². The highest BCUT2D eigenvalue weighted by Crippen LogP contribution is 2.53. The Balaban J connectivity index is 1.59. The minimum Gasteiger partial charge on any atom is -0.438 e. The van der Waals surface area contributed by atoms with E-state index in [1.165, 1.54) is 0 Å². The van der Waals surface area contributed by atoms with Crippen molar-refractivity contribution in [1.82, 2.24) is 4.90 Å². The number of hydrogen-bond acceptors (Lipinski definition) is 3. The zero-order chi connectivity index (χ0) is 23.0.